The van der Waals surface area contributed by atoms with Gasteiger partial charge >= 0.3 is 5.97 Å². The maximum atomic E-state index is 12.2. The lowest BCUT2D eigenvalue weighted by molar-refractivity contribution is -0.157. The summed E-state index contributed by atoms with van der Waals surface area (Å²) in [5.41, 5.74) is 2.92. The van der Waals surface area contributed by atoms with Crippen molar-refractivity contribution in [2.45, 2.75) is 53.8 Å². The second kappa shape index (κ2) is 7.40. The number of ether oxygens (including phenoxy) is 1. The number of carbonyl (C=O) groups is 1. The van der Waals surface area contributed by atoms with E-state index in [-0.39, 0.29) is 6.10 Å². The van der Waals surface area contributed by atoms with Crippen LogP contribution in [0.2, 0.25) is 0 Å². The van der Waals surface area contributed by atoms with Crippen molar-refractivity contribution in [3.05, 3.63) is 21.4 Å². The molecule has 1 N–H and O–H groups in total. The second-order valence-electron chi connectivity index (χ2n) is 7.16. The lowest BCUT2D eigenvalue weighted by Gasteiger charge is -2.45. The van der Waals surface area contributed by atoms with E-state index in [2.05, 4.69) is 39.7 Å². The number of nitrogens with zero attached hydrogens (tertiary/aromatic N) is 2. The van der Waals surface area contributed by atoms with Crippen molar-refractivity contribution in [2.75, 3.05) is 18.0 Å². The van der Waals surface area contributed by atoms with Crippen LogP contribution in [0.5, 0.6) is 0 Å². The van der Waals surface area contributed by atoms with E-state index in [1.54, 1.807) is 13.8 Å². The fraction of sp³-hybridized carbons (Fsp3) is 0.667. The van der Waals surface area contributed by atoms with Crippen LogP contribution in [0.15, 0.2) is 4.47 Å². The van der Waals surface area contributed by atoms with Crippen molar-refractivity contribution in [3.8, 4) is 0 Å². The first-order valence-corrected chi connectivity index (χ1v) is 9.22. The zero-order valence-corrected chi connectivity index (χ0v) is 16.8. The van der Waals surface area contributed by atoms with Crippen LogP contribution in [0.4, 0.5) is 5.69 Å². The average Bonchev–Trinajstić information content (AvgIpc) is 2.40. The van der Waals surface area contributed by atoms with Crippen molar-refractivity contribution in [3.63, 3.8) is 0 Å². The summed E-state index contributed by atoms with van der Waals surface area (Å²) in [6, 6.07) is 0. The van der Waals surface area contributed by atoms with E-state index in [0.717, 1.165) is 28.9 Å². The van der Waals surface area contributed by atoms with Gasteiger partial charge in [0.05, 0.1) is 22.0 Å². The van der Waals surface area contributed by atoms with Crippen molar-refractivity contribution in [2.24, 2.45) is 11.8 Å². The maximum Gasteiger partial charge on any atom is 0.340 e. The van der Waals surface area contributed by atoms with E-state index < -0.39 is 12.1 Å². The Morgan fingerprint density at radius 2 is 1.83 bits per heavy atom. The first-order chi connectivity index (χ1) is 11.1. The van der Waals surface area contributed by atoms with Gasteiger partial charge in [-0.1, -0.05) is 13.8 Å². The van der Waals surface area contributed by atoms with E-state index in [0.29, 0.717) is 23.1 Å². The maximum absolute atomic E-state index is 12.2. The summed E-state index contributed by atoms with van der Waals surface area (Å²) in [5.74, 6) is 0.606. The van der Waals surface area contributed by atoms with Gasteiger partial charge in [0, 0.05) is 24.3 Å². The van der Waals surface area contributed by atoms with Gasteiger partial charge < -0.3 is 14.7 Å². The topological polar surface area (TPSA) is 62.7 Å². The Kier molecular flexibility index (Phi) is 5.91. The highest BCUT2D eigenvalue weighted by Crippen LogP contribution is 2.41. The lowest BCUT2D eigenvalue weighted by atomic mass is 9.87. The molecule has 134 valence electrons. The zero-order valence-electron chi connectivity index (χ0n) is 15.3. The number of esters is 1. The number of halogens is 1. The van der Waals surface area contributed by atoms with Gasteiger partial charge in [0.2, 0.25) is 0 Å². The molecule has 24 heavy (non-hydrogen) atoms. The van der Waals surface area contributed by atoms with Gasteiger partial charge in [-0.25, -0.2) is 4.79 Å². The SMILES string of the molecule is Cc1nc(C)c(C(O)C(=O)OC(C)C)c(N2CC(C(C)C)C2)c1Br. The molecule has 1 aromatic heterocycles. The smallest absolute Gasteiger partial charge is 0.340 e. The van der Waals surface area contributed by atoms with Gasteiger partial charge in [0.15, 0.2) is 6.10 Å². The van der Waals surface area contributed by atoms with Gasteiger partial charge in [-0.05, 0) is 55.5 Å². The molecule has 1 saturated heterocycles. The van der Waals surface area contributed by atoms with Gasteiger partial charge in [0.25, 0.3) is 0 Å². The second-order valence-corrected chi connectivity index (χ2v) is 7.95. The molecule has 1 fully saturated rings. The third-order valence-electron chi connectivity index (χ3n) is 4.52. The van der Waals surface area contributed by atoms with Gasteiger partial charge in [-0.2, -0.15) is 0 Å². The number of hydrogen-bond acceptors (Lipinski definition) is 5. The molecule has 2 rings (SSSR count). The molecule has 0 spiro atoms. The first kappa shape index (κ1) is 19.2. The molecule has 0 amide bonds. The van der Waals surface area contributed by atoms with Crippen molar-refractivity contribution < 1.29 is 14.6 Å². The van der Waals surface area contributed by atoms with Crippen LogP contribution in [0.3, 0.4) is 0 Å². The minimum Gasteiger partial charge on any atom is -0.461 e. The molecule has 0 aromatic carbocycles. The number of aliphatic hydroxyl groups is 1. The largest absolute Gasteiger partial charge is 0.461 e. The van der Waals surface area contributed by atoms with Crippen LogP contribution in [0.1, 0.15) is 50.8 Å². The lowest BCUT2D eigenvalue weighted by Crippen LogP contribution is -2.50. The molecule has 2 heterocycles. The van der Waals surface area contributed by atoms with Crippen molar-refractivity contribution in [1.29, 1.82) is 0 Å². The van der Waals surface area contributed by atoms with Crippen molar-refractivity contribution in [1.82, 2.24) is 4.98 Å². The van der Waals surface area contributed by atoms with E-state index in [4.69, 9.17) is 4.74 Å². The molecule has 6 heteroatoms. The van der Waals surface area contributed by atoms with Gasteiger partial charge in [-0.3, -0.25) is 4.98 Å². The summed E-state index contributed by atoms with van der Waals surface area (Å²) in [6.45, 7) is 13.5. The number of pyridine rings is 1. The van der Waals surface area contributed by atoms with Crippen LogP contribution in [-0.2, 0) is 9.53 Å². The minimum atomic E-state index is -1.33. The summed E-state index contributed by atoms with van der Waals surface area (Å²) >= 11 is 3.60. The Bertz CT molecular complexity index is 625. The Hall–Kier alpha value is -1.14. The number of hydrogen-bond donors (Lipinski definition) is 1. The van der Waals surface area contributed by atoms with E-state index in [1.165, 1.54) is 0 Å². The molecule has 1 atom stereocenters. The summed E-state index contributed by atoms with van der Waals surface area (Å²) in [7, 11) is 0. The monoisotopic (exact) mass is 398 g/mol. The number of aromatic nitrogens is 1. The normalized spacial score (nSPS) is 16.5. The summed E-state index contributed by atoms with van der Waals surface area (Å²) in [4.78, 5) is 18.9. The molecule has 1 aliphatic rings. The number of rotatable bonds is 5. The van der Waals surface area contributed by atoms with Crippen LogP contribution in [0, 0.1) is 25.7 Å². The molecule has 1 aromatic rings. The first-order valence-electron chi connectivity index (χ1n) is 8.43. The van der Waals surface area contributed by atoms with E-state index in [9.17, 15) is 9.90 Å². The highest BCUT2D eigenvalue weighted by molar-refractivity contribution is 9.10. The predicted molar refractivity (Wildman–Crippen MR) is 98.1 cm³/mol. The molecule has 0 radical (unpaired) electrons. The van der Waals surface area contributed by atoms with Crippen LogP contribution >= 0.6 is 15.9 Å². The number of carbonyl (C=O) groups excluding carboxylic acids is 1. The van der Waals surface area contributed by atoms with Crippen LogP contribution < -0.4 is 4.90 Å². The Balaban J connectivity index is 2.40. The summed E-state index contributed by atoms with van der Waals surface area (Å²) < 4.78 is 6.02. The quantitative estimate of drug-likeness (QED) is 0.768. The Labute approximate surface area is 152 Å². The molecule has 1 aliphatic heterocycles. The number of anilines is 1. The molecular formula is C18H27BrN2O3. The molecule has 1 unspecified atom stereocenters. The number of aryl methyl sites for hydroxylation is 2. The standard InChI is InChI=1S/C18H27BrN2O3/c1-9(2)13-7-21(8-13)16-14(11(5)20-12(6)15(16)19)17(22)18(23)24-10(3)4/h9-10,13,17,22H,7-8H2,1-6H3. The number of aliphatic hydroxyl groups excluding tert-OH is 1. The third kappa shape index (κ3) is 3.75. The van der Waals surface area contributed by atoms with E-state index >= 15 is 0 Å². The molecule has 5 nitrogen and oxygen atoms in total. The van der Waals surface area contributed by atoms with Gasteiger partial charge in [-0.15, -0.1) is 0 Å². The molecule has 0 saturated carbocycles. The average molecular weight is 399 g/mol. The zero-order chi connectivity index (χ0) is 18.2. The highest BCUT2D eigenvalue weighted by atomic mass is 79.9. The van der Waals surface area contributed by atoms with Crippen LogP contribution in [-0.4, -0.2) is 35.3 Å². The van der Waals surface area contributed by atoms with Crippen LogP contribution in [0.25, 0.3) is 0 Å². The molecular weight excluding hydrogens is 372 g/mol. The third-order valence-corrected chi connectivity index (χ3v) is 5.47. The minimum absolute atomic E-state index is 0.271. The van der Waals surface area contributed by atoms with Gasteiger partial charge in [0.1, 0.15) is 0 Å². The molecule has 0 aliphatic carbocycles. The molecule has 0 bridgehead atoms. The summed E-state index contributed by atoms with van der Waals surface area (Å²) in [5, 5.41) is 10.6. The van der Waals surface area contributed by atoms with Crippen molar-refractivity contribution >= 4 is 27.6 Å². The fourth-order valence-corrected chi connectivity index (χ4v) is 3.54. The highest BCUT2D eigenvalue weighted by Gasteiger charge is 2.36. The Morgan fingerprint density at radius 1 is 1.25 bits per heavy atom. The fourth-order valence-electron chi connectivity index (χ4n) is 2.99. The Morgan fingerprint density at radius 3 is 2.33 bits per heavy atom. The summed E-state index contributed by atoms with van der Waals surface area (Å²) in [6.07, 6.45) is -1.60. The predicted octanol–water partition coefficient (Wildman–Crippen LogP) is 3.54. The van der Waals surface area contributed by atoms with E-state index in [1.807, 2.05) is 13.8 Å².